The van der Waals surface area contributed by atoms with Crippen LogP contribution >= 0.6 is 0 Å². The number of nitrogens with one attached hydrogen (secondary N) is 1. The van der Waals surface area contributed by atoms with E-state index >= 15 is 0 Å². The SMILES string of the molecule is COc1ccc(S(=O)(=O)N[C@@H]2CC(C)(C)Oc3ccccc32)cc1N1CCCC1=O. The highest BCUT2D eigenvalue weighted by Crippen LogP contribution is 2.40. The van der Waals surface area contributed by atoms with Gasteiger partial charge in [0.1, 0.15) is 17.1 Å². The van der Waals surface area contributed by atoms with Crippen molar-refractivity contribution in [2.75, 3.05) is 18.6 Å². The molecule has 0 aliphatic carbocycles. The molecule has 0 saturated carbocycles. The van der Waals surface area contributed by atoms with Crippen LogP contribution in [-0.4, -0.2) is 33.6 Å². The maximum atomic E-state index is 13.3. The molecule has 2 heterocycles. The lowest BCUT2D eigenvalue weighted by molar-refractivity contribution is -0.117. The second-order valence-electron chi connectivity index (χ2n) is 8.26. The van der Waals surface area contributed by atoms with Crippen molar-refractivity contribution in [3.8, 4) is 11.5 Å². The summed E-state index contributed by atoms with van der Waals surface area (Å²) in [7, 11) is -2.34. The molecule has 2 aromatic rings. The smallest absolute Gasteiger partial charge is 0.241 e. The average Bonchev–Trinajstić information content (AvgIpc) is 3.12. The lowest BCUT2D eigenvalue weighted by Gasteiger charge is -2.37. The van der Waals surface area contributed by atoms with E-state index in [1.54, 1.807) is 11.0 Å². The highest BCUT2D eigenvalue weighted by molar-refractivity contribution is 7.89. The van der Waals surface area contributed by atoms with Crippen LogP contribution in [0, 0.1) is 0 Å². The van der Waals surface area contributed by atoms with E-state index in [0.29, 0.717) is 36.6 Å². The van der Waals surface area contributed by atoms with Gasteiger partial charge >= 0.3 is 0 Å². The molecular weight excluding hydrogens is 404 g/mol. The van der Waals surface area contributed by atoms with E-state index in [-0.39, 0.29) is 10.8 Å². The molecule has 1 atom stereocenters. The zero-order valence-electron chi connectivity index (χ0n) is 17.3. The molecule has 4 rings (SSSR count). The molecule has 2 aromatic carbocycles. The summed E-state index contributed by atoms with van der Waals surface area (Å²) in [5.74, 6) is 1.12. The van der Waals surface area contributed by atoms with Crippen LogP contribution in [0.15, 0.2) is 47.4 Å². The van der Waals surface area contributed by atoms with Crippen molar-refractivity contribution in [2.24, 2.45) is 0 Å². The van der Waals surface area contributed by atoms with Crippen molar-refractivity contribution in [2.45, 2.75) is 49.6 Å². The summed E-state index contributed by atoms with van der Waals surface area (Å²) in [6.45, 7) is 4.43. The van der Waals surface area contributed by atoms with Crippen LogP contribution in [0.3, 0.4) is 0 Å². The van der Waals surface area contributed by atoms with Crippen LogP contribution in [0.4, 0.5) is 5.69 Å². The fourth-order valence-corrected chi connectivity index (χ4v) is 5.35. The number of fused-ring (bicyclic) bond motifs is 1. The summed E-state index contributed by atoms with van der Waals surface area (Å²) in [6.07, 6.45) is 1.69. The number of methoxy groups -OCH3 is 1. The average molecular weight is 431 g/mol. The Kier molecular flexibility index (Phi) is 5.23. The summed E-state index contributed by atoms with van der Waals surface area (Å²) in [5.41, 5.74) is 0.786. The summed E-state index contributed by atoms with van der Waals surface area (Å²) in [6, 6.07) is 11.6. The van der Waals surface area contributed by atoms with E-state index in [4.69, 9.17) is 9.47 Å². The van der Waals surface area contributed by atoms with E-state index in [1.807, 2.05) is 38.1 Å². The van der Waals surface area contributed by atoms with Crippen molar-refractivity contribution in [3.63, 3.8) is 0 Å². The quantitative estimate of drug-likeness (QED) is 0.786. The number of amides is 1. The summed E-state index contributed by atoms with van der Waals surface area (Å²) < 4.78 is 40.8. The van der Waals surface area contributed by atoms with Gasteiger partial charge in [-0.3, -0.25) is 4.79 Å². The van der Waals surface area contributed by atoms with Gasteiger partial charge in [-0.1, -0.05) is 18.2 Å². The number of rotatable bonds is 5. The Morgan fingerprint density at radius 3 is 2.67 bits per heavy atom. The minimum Gasteiger partial charge on any atom is -0.495 e. The van der Waals surface area contributed by atoms with E-state index in [1.165, 1.54) is 19.2 Å². The largest absolute Gasteiger partial charge is 0.495 e. The molecule has 8 heteroatoms. The zero-order chi connectivity index (χ0) is 21.5. The molecule has 1 fully saturated rings. The second-order valence-corrected chi connectivity index (χ2v) is 9.97. The number of hydrogen-bond acceptors (Lipinski definition) is 5. The number of benzene rings is 2. The van der Waals surface area contributed by atoms with E-state index in [2.05, 4.69) is 4.72 Å². The Morgan fingerprint density at radius 1 is 1.20 bits per heavy atom. The van der Waals surface area contributed by atoms with E-state index in [9.17, 15) is 13.2 Å². The molecule has 0 unspecified atom stereocenters. The van der Waals surface area contributed by atoms with Crippen LogP contribution in [0.5, 0.6) is 11.5 Å². The van der Waals surface area contributed by atoms with E-state index in [0.717, 1.165) is 12.0 Å². The Morgan fingerprint density at radius 2 is 1.97 bits per heavy atom. The Balaban J connectivity index is 1.68. The monoisotopic (exact) mass is 430 g/mol. The first kappa shape index (κ1) is 20.7. The first-order valence-corrected chi connectivity index (χ1v) is 11.5. The lowest BCUT2D eigenvalue weighted by Crippen LogP contribution is -2.41. The molecule has 0 spiro atoms. The van der Waals surface area contributed by atoms with E-state index < -0.39 is 21.7 Å². The van der Waals surface area contributed by atoms with Crippen molar-refractivity contribution in [1.82, 2.24) is 4.72 Å². The van der Waals surface area contributed by atoms with Crippen molar-refractivity contribution < 1.29 is 22.7 Å². The molecular formula is C22H26N2O5S. The molecule has 1 amide bonds. The first-order chi connectivity index (χ1) is 14.2. The Labute approximate surface area is 177 Å². The normalized spacial score (nSPS) is 20.6. The van der Waals surface area contributed by atoms with Crippen molar-refractivity contribution in [1.29, 1.82) is 0 Å². The van der Waals surface area contributed by atoms with Crippen LogP contribution in [0.1, 0.15) is 44.7 Å². The highest BCUT2D eigenvalue weighted by atomic mass is 32.2. The van der Waals surface area contributed by atoms with Crippen molar-refractivity contribution in [3.05, 3.63) is 48.0 Å². The number of anilines is 1. The number of carbonyl (C=O) groups excluding carboxylic acids is 1. The number of carbonyl (C=O) groups is 1. The molecule has 0 bridgehead atoms. The third kappa shape index (κ3) is 3.89. The topological polar surface area (TPSA) is 84.9 Å². The van der Waals surface area contributed by atoms with Crippen LogP contribution in [0.25, 0.3) is 0 Å². The lowest BCUT2D eigenvalue weighted by atomic mass is 9.90. The summed E-state index contributed by atoms with van der Waals surface area (Å²) in [5, 5.41) is 0. The molecule has 2 aliphatic heterocycles. The molecule has 1 saturated heterocycles. The molecule has 0 aromatic heterocycles. The Bertz CT molecular complexity index is 1080. The van der Waals surface area contributed by atoms with Gasteiger partial charge in [-0.25, -0.2) is 13.1 Å². The number of sulfonamides is 1. The van der Waals surface area contributed by atoms with Gasteiger partial charge in [0.15, 0.2) is 0 Å². The van der Waals surface area contributed by atoms with Gasteiger partial charge in [0.05, 0.1) is 23.7 Å². The summed E-state index contributed by atoms with van der Waals surface area (Å²) in [4.78, 5) is 13.9. The van der Waals surface area contributed by atoms with Gasteiger partial charge in [0.25, 0.3) is 0 Å². The number of nitrogens with zero attached hydrogens (tertiary/aromatic N) is 1. The van der Waals surface area contributed by atoms with Crippen LogP contribution < -0.4 is 19.1 Å². The number of para-hydroxylation sites is 1. The van der Waals surface area contributed by atoms with Gasteiger partial charge in [-0.05, 0) is 44.5 Å². The van der Waals surface area contributed by atoms with Gasteiger partial charge in [-0.15, -0.1) is 0 Å². The van der Waals surface area contributed by atoms with Gasteiger partial charge < -0.3 is 14.4 Å². The Hall–Kier alpha value is -2.58. The highest BCUT2D eigenvalue weighted by Gasteiger charge is 2.36. The maximum absolute atomic E-state index is 13.3. The fourth-order valence-electron chi connectivity index (χ4n) is 4.11. The predicted molar refractivity (Wildman–Crippen MR) is 113 cm³/mol. The standard InChI is InChI=1S/C22H26N2O5S/c1-22(2)14-17(16-7-4-5-8-19(16)29-22)23-30(26,27)15-10-11-20(28-3)18(13-15)24-12-6-9-21(24)25/h4-5,7-8,10-11,13,17,23H,6,9,12,14H2,1-3H3/t17-/m1/s1. The molecule has 7 nitrogen and oxygen atoms in total. The van der Waals surface area contributed by atoms with Crippen LogP contribution in [0.2, 0.25) is 0 Å². The first-order valence-electron chi connectivity index (χ1n) is 9.99. The molecule has 2 aliphatic rings. The molecule has 160 valence electrons. The van der Waals surface area contributed by atoms with Gasteiger partial charge in [-0.2, -0.15) is 0 Å². The zero-order valence-corrected chi connectivity index (χ0v) is 18.2. The second kappa shape index (κ2) is 7.59. The van der Waals surface area contributed by atoms with Gasteiger partial charge in [0, 0.05) is 24.9 Å². The third-order valence-corrected chi connectivity index (χ3v) is 6.97. The number of hydrogen-bond donors (Lipinski definition) is 1. The third-order valence-electron chi connectivity index (χ3n) is 5.50. The van der Waals surface area contributed by atoms with Gasteiger partial charge in [0.2, 0.25) is 15.9 Å². The summed E-state index contributed by atoms with van der Waals surface area (Å²) >= 11 is 0. The molecule has 0 radical (unpaired) electrons. The molecule has 1 N–H and O–H groups in total. The molecule has 30 heavy (non-hydrogen) atoms. The van der Waals surface area contributed by atoms with Crippen LogP contribution in [-0.2, 0) is 14.8 Å². The predicted octanol–water partition coefficient (Wildman–Crippen LogP) is 3.40. The minimum absolute atomic E-state index is 0.0316. The minimum atomic E-state index is -3.85. The van der Waals surface area contributed by atoms with Crippen molar-refractivity contribution >= 4 is 21.6 Å². The maximum Gasteiger partial charge on any atom is 0.241 e. The fraction of sp³-hybridized carbons (Fsp3) is 0.409. The number of ether oxygens (including phenoxy) is 2.